The molecule has 3 aromatic rings. The minimum Gasteiger partial charge on any atom is -0.467 e. The predicted octanol–water partition coefficient (Wildman–Crippen LogP) is 4.73. The summed E-state index contributed by atoms with van der Waals surface area (Å²) in [6.45, 7) is 8.52. The molecule has 36 heavy (non-hydrogen) atoms. The second kappa shape index (κ2) is 10.4. The summed E-state index contributed by atoms with van der Waals surface area (Å²) in [7, 11) is -2.21. The summed E-state index contributed by atoms with van der Waals surface area (Å²) in [5.74, 6) is 0.348. The Kier molecular flexibility index (Phi) is 7.51. The maximum Gasteiger partial charge on any atom is 0.248 e. The number of nitrogens with zero attached hydrogens (tertiary/aromatic N) is 3. The molecule has 192 valence electrons. The summed E-state index contributed by atoms with van der Waals surface area (Å²) in [6.07, 6.45) is 6.34. The average molecular weight is 512 g/mol. The van der Waals surface area contributed by atoms with Gasteiger partial charge in [-0.05, 0) is 75.4 Å². The van der Waals surface area contributed by atoms with E-state index in [2.05, 4.69) is 17.3 Å². The largest absolute Gasteiger partial charge is 0.467 e. The number of aryl methyl sites for hydroxylation is 4. The lowest BCUT2D eigenvalue weighted by atomic mass is 9.98. The highest BCUT2D eigenvalue weighted by molar-refractivity contribution is 7.89. The van der Waals surface area contributed by atoms with Crippen molar-refractivity contribution >= 4 is 28.1 Å². The second-order valence-corrected chi connectivity index (χ2v) is 11.5. The van der Waals surface area contributed by atoms with Crippen molar-refractivity contribution in [1.29, 1.82) is 0 Å². The molecule has 3 heterocycles. The summed E-state index contributed by atoms with van der Waals surface area (Å²) >= 11 is 0. The topological polar surface area (TPSA) is 96.9 Å². The summed E-state index contributed by atoms with van der Waals surface area (Å²) in [5.41, 5.74) is 4.68. The Balaban J connectivity index is 1.55. The fourth-order valence-electron chi connectivity index (χ4n) is 4.93. The zero-order chi connectivity index (χ0) is 26.0. The van der Waals surface area contributed by atoms with Crippen molar-refractivity contribution in [2.24, 2.45) is 5.92 Å². The van der Waals surface area contributed by atoms with Crippen LogP contribution >= 0.6 is 0 Å². The third-order valence-corrected chi connectivity index (χ3v) is 8.68. The highest BCUT2D eigenvalue weighted by Crippen LogP contribution is 2.30. The number of aromatic nitrogens is 1. The van der Waals surface area contributed by atoms with Crippen LogP contribution in [0.2, 0.25) is 0 Å². The predicted molar refractivity (Wildman–Crippen MR) is 137 cm³/mol. The third-order valence-electron chi connectivity index (χ3n) is 6.65. The van der Waals surface area contributed by atoms with Gasteiger partial charge in [0, 0.05) is 20.1 Å². The van der Waals surface area contributed by atoms with Gasteiger partial charge < -0.3 is 13.8 Å². The first-order valence-electron chi connectivity index (χ1n) is 12.1. The molecular weight excluding hydrogens is 478 g/mol. The van der Waals surface area contributed by atoms with E-state index in [1.54, 1.807) is 37.3 Å². The molecule has 1 amide bonds. The van der Waals surface area contributed by atoms with Gasteiger partial charge in [-0.1, -0.05) is 28.9 Å². The van der Waals surface area contributed by atoms with Crippen LogP contribution in [-0.4, -0.2) is 48.8 Å². The van der Waals surface area contributed by atoms with Crippen LogP contribution in [0, 0.1) is 33.6 Å². The maximum absolute atomic E-state index is 13.7. The number of sulfonamides is 1. The number of carbonyl (C=O) groups excluding carboxylic acids is 1. The number of carbonyl (C=O) groups is 1. The molecule has 0 saturated carbocycles. The van der Waals surface area contributed by atoms with Crippen molar-refractivity contribution in [3.8, 4) is 0 Å². The van der Waals surface area contributed by atoms with E-state index in [9.17, 15) is 13.2 Å². The monoisotopic (exact) mass is 511 g/mol. The second-order valence-electron chi connectivity index (χ2n) is 9.58. The van der Waals surface area contributed by atoms with Gasteiger partial charge in [-0.3, -0.25) is 4.79 Å². The molecule has 1 aromatic carbocycles. The summed E-state index contributed by atoms with van der Waals surface area (Å²) in [5, 5.41) is 3.96. The molecule has 0 unspecified atom stereocenters. The summed E-state index contributed by atoms with van der Waals surface area (Å²) in [4.78, 5) is 14.7. The van der Waals surface area contributed by atoms with Gasteiger partial charge in [0.1, 0.15) is 11.5 Å². The highest BCUT2D eigenvalue weighted by atomic mass is 32.2. The lowest BCUT2D eigenvalue weighted by Crippen LogP contribution is -2.45. The van der Waals surface area contributed by atoms with Gasteiger partial charge >= 0.3 is 0 Å². The number of hydrogen-bond acceptors (Lipinski definition) is 6. The van der Waals surface area contributed by atoms with E-state index in [1.807, 2.05) is 32.9 Å². The summed E-state index contributed by atoms with van der Waals surface area (Å²) in [6, 6.07) is 7.76. The van der Waals surface area contributed by atoms with Gasteiger partial charge in [0.2, 0.25) is 15.9 Å². The number of amides is 1. The normalized spacial score (nSPS) is 17.1. The quantitative estimate of drug-likeness (QED) is 0.455. The molecule has 2 aromatic heterocycles. The fourth-order valence-corrected chi connectivity index (χ4v) is 6.70. The van der Waals surface area contributed by atoms with E-state index in [-0.39, 0.29) is 23.1 Å². The van der Waals surface area contributed by atoms with Gasteiger partial charge in [-0.25, -0.2) is 8.42 Å². The van der Waals surface area contributed by atoms with Crippen molar-refractivity contribution in [3.63, 3.8) is 0 Å². The fraction of sp³-hybridized carbons (Fsp3) is 0.407. The standard InChI is InChI=1S/C27H33N3O5S/c1-18-14-19(2)24(20(3)15-18)10-11-25-26(21(4)28-35-25)36(32,33)30-12-6-8-22(16-30)27(31)29(5)17-23-9-7-13-34-23/h7,9-11,13-15,22H,6,8,12,16-17H2,1-5H3/b11-10+/t22-/m1/s1. The van der Waals surface area contributed by atoms with Gasteiger partial charge in [0.25, 0.3) is 0 Å². The van der Waals surface area contributed by atoms with Crippen molar-refractivity contribution in [1.82, 2.24) is 14.4 Å². The van der Waals surface area contributed by atoms with E-state index in [0.717, 1.165) is 16.7 Å². The third kappa shape index (κ3) is 5.32. The van der Waals surface area contributed by atoms with Crippen LogP contribution in [0.3, 0.4) is 0 Å². The van der Waals surface area contributed by atoms with Gasteiger partial charge in [0.15, 0.2) is 10.7 Å². The molecule has 9 heteroatoms. The van der Waals surface area contributed by atoms with Crippen LogP contribution in [0.5, 0.6) is 0 Å². The van der Waals surface area contributed by atoms with Crippen LogP contribution in [-0.2, 0) is 21.4 Å². The van der Waals surface area contributed by atoms with Crippen LogP contribution in [0.4, 0.5) is 0 Å². The minimum atomic E-state index is -3.92. The molecule has 1 aliphatic rings. The number of furan rings is 1. The van der Waals surface area contributed by atoms with Crippen molar-refractivity contribution in [2.45, 2.75) is 52.0 Å². The Labute approximate surface area is 212 Å². The van der Waals surface area contributed by atoms with Crippen LogP contribution in [0.15, 0.2) is 44.4 Å². The van der Waals surface area contributed by atoms with Crippen molar-refractivity contribution in [2.75, 3.05) is 20.1 Å². The Morgan fingerprint density at radius 3 is 2.58 bits per heavy atom. The Morgan fingerprint density at radius 2 is 1.92 bits per heavy atom. The van der Waals surface area contributed by atoms with Gasteiger partial charge in [-0.15, -0.1) is 0 Å². The SMILES string of the molecule is Cc1cc(C)c(/C=C/c2onc(C)c2S(=O)(=O)N2CCC[C@@H](C(=O)N(C)Cc3ccco3)C2)c(C)c1. The first-order valence-corrected chi connectivity index (χ1v) is 13.5. The van der Waals surface area contributed by atoms with E-state index < -0.39 is 15.9 Å². The first-order chi connectivity index (χ1) is 17.1. The molecule has 1 fully saturated rings. The average Bonchev–Trinajstić information content (AvgIpc) is 3.47. The zero-order valence-electron chi connectivity index (χ0n) is 21.4. The Morgan fingerprint density at radius 1 is 1.19 bits per heavy atom. The van der Waals surface area contributed by atoms with Crippen LogP contribution in [0.25, 0.3) is 12.2 Å². The molecular formula is C27H33N3O5S. The Bertz CT molecular complexity index is 1350. The number of hydrogen-bond donors (Lipinski definition) is 0. The van der Waals surface area contributed by atoms with Gasteiger partial charge in [0.05, 0.1) is 18.7 Å². The molecule has 4 rings (SSSR count). The molecule has 1 saturated heterocycles. The Hall–Kier alpha value is -3.17. The van der Waals surface area contributed by atoms with Crippen LogP contribution in [0.1, 0.15) is 52.3 Å². The van der Waals surface area contributed by atoms with Crippen molar-refractivity contribution < 1.29 is 22.2 Å². The molecule has 8 nitrogen and oxygen atoms in total. The van der Waals surface area contributed by atoms with E-state index in [4.69, 9.17) is 8.94 Å². The molecule has 0 bridgehead atoms. The first kappa shape index (κ1) is 25.9. The lowest BCUT2D eigenvalue weighted by molar-refractivity contribution is -0.136. The number of benzene rings is 1. The zero-order valence-corrected chi connectivity index (χ0v) is 22.3. The lowest BCUT2D eigenvalue weighted by Gasteiger charge is -2.33. The van der Waals surface area contributed by atoms with Crippen LogP contribution < -0.4 is 0 Å². The maximum atomic E-state index is 13.7. The van der Waals surface area contributed by atoms with E-state index >= 15 is 0 Å². The number of piperidine rings is 1. The van der Waals surface area contributed by atoms with Gasteiger partial charge in [-0.2, -0.15) is 4.31 Å². The van der Waals surface area contributed by atoms with Crippen molar-refractivity contribution in [3.05, 3.63) is 70.0 Å². The van der Waals surface area contributed by atoms with E-state index in [1.165, 1.54) is 9.87 Å². The van der Waals surface area contributed by atoms with E-state index in [0.29, 0.717) is 37.4 Å². The highest BCUT2D eigenvalue weighted by Gasteiger charge is 2.37. The molecule has 1 aliphatic heterocycles. The molecule has 0 radical (unpaired) electrons. The summed E-state index contributed by atoms with van der Waals surface area (Å²) < 4.78 is 39.6. The number of rotatable bonds is 7. The molecule has 0 N–H and O–H groups in total. The minimum absolute atomic E-state index is 0.0539. The molecule has 1 atom stereocenters. The molecule has 0 spiro atoms. The molecule has 0 aliphatic carbocycles. The smallest absolute Gasteiger partial charge is 0.248 e.